The predicted molar refractivity (Wildman–Crippen MR) is 53.7 cm³/mol. The van der Waals surface area contributed by atoms with Crippen molar-refractivity contribution in [1.82, 2.24) is 15.0 Å². The largest absolute Gasteiger partial charge is 0.247 e. The quantitative estimate of drug-likeness (QED) is 0.735. The fourth-order valence-electron chi connectivity index (χ4n) is 1.45. The van der Waals surface area contributed by atoms with Gasteiger partial charge in [0.25, 0.3) is 0 Å². The summed E-state index contributed by atoms with van der Waals surface area (Å²) in [6.45, 7) is 9.17. The van der Waals surface area contributed by atoms with Crippen molar-refractivity contribution in [3.8, 4) is 6.07 Å². The van der Waals surface area contributed by atoms with Gasteiger partial charge in [0.2, 0.25) is 0 Å². The first-order chi connectivity index (χ1) is 6.56. The van der Waals surface area contributed by atoms with Crippen LogP contribution in [0.25, 0.3) is 0 Å². The molecule has 0 spiro atoms. The smallest absolute Gasteiger partial charge is 0.186 e. The van der Waals surface area contributed by atoms with Crippen LogP contribution in [0.1, 0.15) is 45.0 Å². The minimum atomic E-state index is 0.290. The maximum absolute atomic E-state index is 8.85. The summed E-state index contributed by atoms with van der Waals surface area (Å²) in [7, 11) is 0. The van der Waals surface area contributed by atoms with E-state index in [4.69, 9.17) is 5.26 Å². The summed E-state index contributed by atoms with van der Waals surface area (Å²) in [4.78, 5) is 0. The summed E-state index contributed by atoms with van der Waals surface area (Å²) >= 11 is 0. The van der Waals surface area contributed by atoms with E-state index >= 15 is 0 Å². The summed E-state index contributed by atoms with van der Waals surface area (Å²) in [6, 6.07) is 2.08. The summed E-state index contributed by atoms with van der Waals surface area (Å²) in [5.41, 5.74) is 1.40. The normalized spacial score (nSPS) is 10.9. The predicted octanol–water partition coefficient (Wildman–Crippen LogP) is 1.93. The lowest BCUT2D eigenvalue weighted by atomic mass is 10.1. The molecule has 0 amide bonds. The number of nitrogens with zero attached hydrogens (tertiary/aromatic N) is 4. The fourth-order valence-corrected chi connectivity index (χ4v) is 1.45. The lowest BCUT2D eigenvalue weighted by molar-refractivity contribution is 0.452. The zero-order valence-electron chi connectivity index (χ0n) is 9.15. The van der Waals surface area contributed by atoms with Crippen molar-refractivity contribution >= 4 is 0 Å². The lowest BCUT2D eigenvalue weighted by Gasteiger charge is -2.10. The van der Waals surface area contributed by atoms with Crippen LogP contribution in [0, 0.1) is 17.2 Å². The van der Waals surface area contributed by atoms with Crippen LogP contribution in [0.15, 0.2) is 0 Å². The van der Waals surface area contributed by atoms with Gasteiger partial charge >= 0.3 is 0 Å². The molecule has 0 radical (unpaired) electrons. The highest BCUT2D eigenvalue weighted by Gasteiger charge is 2.16. The SMILES string of the molecule is CC(C)Cn1nnc(C#N)c1C(C)C. The van der Waals surface area contributed by atoms with Gasteiger partial charge in [-0.15, -0.1) is 5.10 Å². The third-order valence-electron chi connectivity index (χ3n) is 1.96. The van der Waals surface area contributed by atoms with Gasteiger partial charge in [0.15, 0.2) is 5.69 Å². The first-order valence-electron chi connectivity index (χ1n) is 4.89. The molecule has 0 bridgehead atoms. The van der Waals surface area contributed by atoms with Crippen molar-refractivity contribution in [2.24, 2.45) is 5.92 Å². The van der Waals surface area contributed by atoms with Gasteiger partial charge in [-0.25, -0.2) is 4.68 Å². The molecule has 0 unspecified atom stereocenters. The Hall–Kier alpha value is -1.37. The zero-order chi connectivity index (χ0) is 10.7. The van der Waals surface area contributed by atoms with Crippen molar-refractivity contribution in [2.75, 3.05) is 0 Å². The molecule has 0 aliphatic rings. The molecule has 0 saturated heterocycles. The van der Waals surface area contributed by atoms with Crippen LogP contribution in [-0.2, 0) is 6.54 Å². The molecule has 76 valence electrons. The zero-order valence-corrected chi connectivity index (χ0v) is 9.15. The number of hydrogen-bond acceptors (Lipinski definition) is 3. The van der Waals surface area contributed by atoms with Crippen molar-refractivity contribution in [2.45, 2.75) is 40.2 Å². The minimum Gasteiger partial charge on any atom is -0.247 e. The van der Waals surface area contributed by atoms with Gasteiger partial charge in [0.05, 0.1) is 5.69 Å². The van der Waals surface area contributed by atoms with Crippen molar-refractivity contribution in [3.05, 3.63) is 11.4 Å². The number of rotatable bonds is 3. The van der Waals surface area contributed by atoms with E-state index in [9.17, 15) is 0 Å². The molecule has 4 heteroatoms. The molecule has 1 rings (SSSR count). The van der Waals surface area contributed by atoms with Crippen molar-refractivity contribution < 1.29 is 0 Å². The second-order valence-corrected chi connectivity index (χ2v) is 4.17. The Labute approximate surface area is 84.5 Å². The molecular weight excluding hydrogens is 176 g/mol. The van der Waals surface area contributed by atoms with Crippen LogP contribution in [0.3, 0.4) is 0 Å². The van der Waals surface area contributed by atoms with Gasteiger partial charge in [0.1, 0.15) is 6.07 Å². The van der Waals surface area contributed by atoms with Gasteiger partial charge < -0.3 is 0 Å². The Bertz CT molecular complexity index is 343. The van der Waals surface area contributed by atoms with E-state index in [0.717, 1.165) is 12.2 Å². The maximum atomic E-state index is 8.85. The molecule has 0 aliphatic carbocycles. The second kappa shape index (κ2) is 4.23. The standard InChI is InChI=1S/C10H16N4/c1-7(2)6-14-10(8(3)4)9(5-11)12-13-14/h7-8H,6H2,1-4H3. The average Bonchev–Trinajstić information content (AvgIpc) is 2.46. The van der Waals surface area contributed by atoms with Gasteiger partial charge in [-0.1, -0.05) is 32.9 Å². The Morgan fingerprint density at radius 2 is 2.00 bits per heavy atom. The van der Waals surface area contributed by atoms with Crippen LogP contribution in [0.2, 0.25) is 0 Å². The van der Waals surface area contributed by atoms with Crippen LogP contribution >= 0.6 is 0 Å². The Morgan fingerprint density at radius 1 is 1.36 bits per heavy atom. The Morgan fingerprint density at radius 3 is 2.43 bits per heavy atom. The molecule has 4 nitrogen and oxygen atoms in total. The van der Waals surface area contributed by atoms with E-state index < -0.39 is 0 Å². The molecule has 1 aromatic heterocycles. The highest BCUT2D eigenvalue weighted by atomic mass is 15.4. The Kier molecular flexibility index (Phi) is 3.23. The molecule has 0 atom stereocenters. The molecule has 0 aromatic carbocycles. The molecule has 0 fully saturated rings. The molecule has 0 saturated carbocycles. The Balaban J connectivity index is 3.06. The first-order valence-corrected chi connectivity index (χ1v) is 4.89. The molecular formula is C10H16N4. The number of aromatic nitrogens is 3. The molecule has 14 heavy (non-hydrogen) atoms. The van der Waals surface area contributed by atoms with E-state index in [1.54, 1.807) is 0 Å². The molecule has 1 heterocycles. The summed E-state index contributed by atoms with van der Waals surface area (Å²) in [5, 5.41) is 16.7. The average molecular weight is 192 g/mol. The number of hydrogen-bond donors (Lipinski definition) is 0. The van der Waals surface area contributed by atoms with Gasteiger partial charge in [-0.05, 0) is 11.8 Å². The van der Waals surface area contributed by atoms with E-state index in [2.05, 4.69) is 44.1 Å². The fraction of sp³-hybridized carbons (Fsp3) is 0.700. The topological polar surface area (TPSA) is 54.5 Å². The summed E-state index contributed by atoms with van der Waals surface area (Å²) in [6.07, 6.45) is 0. The third-order valence-corrected chi connectivity index (χ3v) is 1.96. The number of nitriles is 1. The van der Waals surface area contributed by atoms with Crippen molar-refractivity contribution in [1.29, 1.82) is 5.26 Å². The van der Waals surface area contributed by atoms with Crippen LogP contribution < -0.4 is 0 Å². The molecule has 0 N–H and O–H groups in total. The van der Waals surface area contributed by atoms with Gasteiger partial charge in [-0.2, -0.15) is 5.26 Å². The molecule has 0 aliphatic heterocycles. The molecule has 1 aromatic rings. The van der Waals surface area contributed by atoms with E-state index in [1.165, 1.54) is 0 Å². The lowest BCUT2D eigenvalue weighted by Crippen LogP contribution is -2.11. The van der Waals surface area contributed by atoms with E-state index in [0.29, 0.717) is 17.5 Å². The maximum Gasteiger partial charge on any atom is 0.186 e. The van der Waals surface area contributed by atoms with E-state index in [1.807, 2.05) is 4.68 Å². The highest BCUT2D eigenvalue weighted by Crippen LogP contribution is 2.17. The second-order valence-electron chi connectivity index (χ2n) is 4.17. The van der Waals surface area contributed by atoms with Crippen LogP contribution in [0.5, 0.6) is 0 Å². The summed E-state index contributed by atoms with van der Waals surface area (Å²) < 4.78 is 1.84. The van der Waals surface area contributed by atoms with Gasteiger partial charge in [0, 0.05) is 6.54 Å². The minimum absolute atomic E-state index is 0.290. The summed E-state index contributed by atoms with van der Waals surface area (Å²) in [5.74, 6) is 0.805. The first kappa shape index (κ1) is 10.7. The van der Waals surface area contributed by atoms with Crippen LogP contribution in [-0.4, -0.2) is 15.0 Å². The van der Waals surface area contributed by atoms with Gasteiger partial charge in [-0.3, -0.25) is 0 Å². The van der Waals surface area contributed by atoms with E-state index in [-0.39, 0.29) is 0 Å². The monoisotopic (exact) mass is 192 g/mol. The van der Waals surface area contributed by atoms with Crippen molar-refractivity contribution in [3.63, 3.8) is 0 Å². The van der Waals surface area contributed by atoms with Crippen LogP contribution in [0.4, 0.5) is 0 Å². The third kappa shape index (κ3) is 2.11. The highest BCUT2D eigenvalue weighted by molar-refractivity contribution is 5.26.